The first-order valence-corrected chi connectivity index (χ1v) is 9.75. The zero-order valence-electron chi connectivity index (χ0n) is 13.0. The lowest BCUT2D eigenvalue weighted by molar-refractivity contribution is -0.00817. The molecule has 3 aliphatic rings. The Bertz CT molecular complexity index is 601. The van der Waals surface area contributed by atoms with Crippen molar-refractivity contribution in [1.82, 2.24) is 4.90 Å². The molecule has 2 bridgehead atoms. The van der Waals surface area contributed by atoms with Gasteiger partial charge in [0.15, 0.2) is 0 Å². The van der Waals surface area contributed by atoms with Crippen LogP contribution in [0.5, 0.6) is 5.75 Å². The van der Waals surface area contributed by atoms with Gasteiger partial charge in [0.05, 0.1) is 4.05 Å². The van der Waals surface area contributed by atoms with Gasteiger partial charge in [-0.15, -0.1) is 6.58 Å². The summed E-state index contributed by atoms with van der Waals surface area (Å²) in [6.45, 7) is 5.18. The molecule has 1 heterocycles. The van der Waals surface area contributed by atoms with E-state index in [1.165, 1.54) is 43.2 Å². The van der Waals surface area contributed by atoms with E-state index in [-0.39, 0.29) is 0 Å². The molecule has 1 unspecified atom stereocenters. The molecule has 1 N–H and O–H groups in total. The van der Waals surface area contributed by atoms with Crippen LogP contribution in [0.25, 0.3) is 0 Å². The first kappa shape index (κ1) is 15.0. The maximum atomic E-state index is 10.0. The molecular weight excluding hydrogens is 385 g/mol. The third-order valence-electron chi connectivity index (χ3n) is 6.37. The average Bonchev–Trinajstić information content (AvgIpc) is 2.55. The van der Waals surface area contributed by atoms with Crippen LogP contribution in [0.2, 0.25) is 0 Å². The van der Waals surface area contributed by atoms with Crippen LogP contribution in [0.3, 0.4) is 0 Å². The zero-order valence-corrected chi connectivity index (χ0v) is 15.1. The summed E-state index contributed by atoms with van der Waals surface area (Å²) in [7, 11) is 0. The number of aromatic hydroxyl groups is 1. The number of alkyl halides is 1. The van der Waals surface area contributed by atoms with E-state index in [0.29, 0.717) is 21.3 Å². The lowest BCUT2D eigenvalue weighted by Gasteiger charge is -2.59. The topological polar surface area (TPSA) is 23.5 Å². The minimum atomic E-state index is 0.323. The largest absolute Gasteiger partial charge is 0.508 e. The molecule has 1 saturated heterocycles. The molecule has 0 radical (unpaired) electrons. The normalized spacial score (nSPS) is 35.3. The van der Waals surface area contributed by atoms with Crippen molar-refractivity contribution < 1.29 is 5.11 Å². The molecule has 118 valence electrons. The van der Waals surface area contributed by atoms with Gasteiger partial charge in [0.2, 0.25) is 0 Å². The van der Waals surface area contributed by atoms with Crippen LogP contribution in [0.1, 0.15) is 43.2 Å². The van der Waals surface area contributed by atoms with E-state index in [1.54, 1.807) is 0 Å². The number of fused-ring (bicyclic) bond motifs is 1. The monoisotopic (exact) mass is 409 g/mol. The highest BCUT2D eigenvalue weighted by atomic mass is 127. The van der Waals surface area contributed by atoms with Gasteiger partial charge in [0, 0.05) is 18.0 Å². The first-order valence-electron chi connectivity index (χ1n) is 8.50. The summed E-state index contributed by atoms with van der Waals surface area (Å²) in [5, 5.41) is 10.0. The van der Waals surface area contributed by atoms with Gasteiger partial charge < -0.3 is 5.11 Å². The molecule has 2 aliphatic carbocycles. The molecule has 1 saturated carbocycles. The van der Waals surface area contributed by atoms with Gasteiger partial charge in [-0.05, 0) is 54.9 Å². The van der Waals surface area contributed by atoms with Gasteiger partial charge in [0.25, 0.3) is 0 Å². The molecule has 3 heteroatoms. The van der Waals surface area contributed by atoms with Crippen molar-refractivity contribution in [2.24, 2.45) is 5.92 Å². The standard InChI is InChI=1S/C19H24INO/c1-2-18(20)21-10-9-19-8-4-3-5-15(19)17(21)11-13-6-7-14(22)12-16(13)19/h2,6-7,12,15,17-18,22H,1,3-5,8-11H2/t15-,17+,18?,19+/m0/s1. The van der Waals surface area contributed by atoms with Crippen molar-refractivity contribution in [3.8, 4) is 5.75 Å². The van der Waals surface area contributed by atoms with Gasteiger partial charge >= 0.3 is 0 Å². The first-order chi connectivity index (χ1) is 10.7. The maximum Gasteiger partial charge on any atom is 0.115 e. The Morgan fingerprint density at radius 1 is 1.36 bits per heavy atom. The average molecular weight is 409 g/mol. The molecule has 4 atom stereocenters. The van der Waals surface area contributed by atoms with Gasteiger partial charge in [0.1, 0.15) is 5.75 Å². The van der Waals surface area contributed by atoms with Crippen molar-refractivity contribution in [2.75, 3.05) is 6.54 Å². The van der Waals surface area contributed by atoms with Crippen LogP contribution < -0.4 is 0 Å². The van der Waals surface area contributed by atoms with Crippen molar-refractivity contribution in [1.29, 1.82) is 0 Å². The lowest BCUT2D eigenvalue weighted by atomic mass is 9.52. The Morgan fingerprint density at radius 2 is 2.23 bits per heavy atom. The number of hydrogen-bond donors (Lipinski definition) is 1. The van der Waals surface area contributed by atoms with Crippen molar-refractivity contribution in [3.63, 3.8) is 0 Å². The molecule has 1 aromatic rings. The van der Waals surface area contributed by atoms with Gasteiger partial charge in [-0.25, -0.2) is 0 Å². The van der Waals surface area contributed by atoms with E-state index in [4.69, 9.17) is 0 Å². The summed E-state index contributed by atoms with van der Waals surface area (Å²) in [6.07, 6.45) is 9.81. The Kier molecular flexibility index (Phi) is 3.76. The minimum absolute atomic E-state index is 0.323. The van der Waals surface area contributed by atoms with E-state index < -0.39 is 0 Å². The van der Waals surface area contributed by atoms with Crippen LogP contribution in [0.4, 0.5) is 0 Å². The highest BCUT2D eigenvalue weighted by Gasteiger charge is 2.54. The van der Waals surface area contributed by atoms with E-state index in [9.17, 15) is 5.11 Å². The summed E-state index contributed by atoms with van der Waals surface area (Å²) >= 11 is 2.53. The zero-order chi connectivity index (χ0) is 15.3. The minimum Gasteiger partial charge on any atom is -0.508 e. The van der Waals surface area contributed by atoms with Crippen LogP contribution >= 0.6 is 22.6 Å². The molecule has 22 heavy (non-hydrogen) atoms. The SMILES string of the molecule is C=CC(I)N1CC[C@]23CCCC[C@H]2[C@H]1Cc1ccc(O)cc13. The lowest BCUT2D eigenvalue weighted by Crippen LogP contribution is -2.62. The van der Waals surface area contributed by atoms with Gasteiger partial charge in [-0.2, -0.15) is 0 Å². The fourth-order valence-corrected chi connectivity index (χ4v) is 6.16. The van der Waals surface area contributed by atoms with Crippen molar-refractivity contribution in [3.05, 3.63) is 42.0 Å². The van der Waals surface area contributed by atoms with Crippen molar-refractivity contribution in [2.45, 2.75) is 54.0 Å². The maximum absolute atomic E-state index is 10.0. The molecule has 1 aliphatic heterocycles. The summed E-state index contributed by atoms with van der Waals surface area (Å²) in [4.78, 5) is 2.68. The number of benzene rings is 1. The van der Waals surface area contributed by atoms with Gasteiger partial charge in [-0.3, -0.25) is 4.90 Å². The fraction of sp³-hybridized carbons (Fsp3) is 0.579. The van der Waals surface area contributed by atoms with E-state index in [1.807, 2.05) is 6.07 Å². The third-order valence-corrected chi connectivity index (χ3v) is 7.60. The second kappa shape index (κ2) is 5.52. The van der Waals surface area contributed by atoms with E-state index in [0.717, 1.165) is 18.9 Å². The number of piperidine rings is 1. The summed E-state index contributed by atoms with van der Waals surface area (Å²) in [5.74, 6) is 1.19. The second-order valence-electron chi connectivity index (χ2n) is 7.22. The van der Waals surface area contributed by atoms with Crippen LogP contribution in [0.15, 0.2) is 30.9 Å². The predicted octanol–water partition coefficient (Wildman–Crippen LogP) is 4.40. The second-order valence-corrected chi connectivity index (χ2v) is 8.49. The summed E-state index contributed by atoms with van der Waals surface area (Å²) < 4.78 is 0.432. The van der Waals surface area contributed by atoms with Crippen LogP contribution in [0, 0.1) is 5.92 Å². The smallest absolute Gasteiger partial charge is 0.115 e. The number of halogens is 1. The quantitative estimate of drug-likeness (QED) is 0.339. The molecule has 4 rings (SSSR count). The molecule has 0 spiro atoms. The fourth-order valence-electron chi connectivity index (χ4n) is 5.46. The Balaban J connectivity index is 1.83. The molecule has 2 fully saturated rings. The van der Waals surface area contributed by atoms with E-state index in [2.05, 4.69) is 52.3 Å². The molecular formula is C19H24INO. The van der Waals surface area contributed by atoms with Crippen LogP contribution in [-0.2, 0) is 11.8 Å². The highest BCUT2D eigenvalue weighted by molar-refractivity contribution is 14.1. The number of phenolic OH excluding ortho intramolecular Hbond substituents is 1. The predicted molar refractivity (Wildman–Crippen MR) is 98.6 cm³/mol. The number of hydrogen-bond acceptors (Lipinski definition) is 2. The molecule has 2 nitrogen and oxygen atoms in total. The van der Waals surface area contributed by atoms with Gasteiger partial charge in [-0.1, -0.05) is 47.6 Å². The number of rotatable bonds is 2. The summed E-state index contributed by atoms with van der Waals surface area (Å²) in [5.41, 5.74) is 3.26. The van der Waals surface area contributed by atoms with E-state index >= 15 is 0 Å². The molecule has 0 aromatic heterocycles. The summed E-state index contributed by atoms with van der Waals surface area (Å²) in [6, 6.07) is 6.76. The Morgan fingerprint density at radius 3 is 3.05 bits per heavy atom. The molecule has 0 amide bonds. The Labute approximate surface area is 146 Å². The number of phenols is 1. The highest BCUT2D eigenvalue weighted by Crippen LogP contribution is 2.56. The number of likely N-dealkylation sites (tertiary alicyclic amines) is 1. The van der Waals surface area contributed by atoms with Crippen molar-refractivity contribution >= 4 is 22.6 Å². The third kappa shape index (κ3) is 2.08. The van der Waals surface area contributed by atoms with Crippen LogP contribution in [-0.4, -0.2) is 26.6 Å². The molecule has 1 aromatic carbocycles. The number of nitrogens with zero attached hydrogens (tertiary/aromatic N) is 1. The Hall–Kier alpha value is -0.550.